The molecule has 0 aromatic heterocycles. The first kappa shape index (κ1) is 18.9. The molecular formula is C17H10Cl2F5NO. The molecule has 0 radical (unpaired) electrons. The maximum absolute atomic E-state index is 13.5. The van der Waals surface area contributed by atoms with Crippen LogP contribution in [0, 0.1) is 6.92 Å². The number of aryl methyl sites for hydroxylation is 1. The Labute approximate surface area is 155 Å². The lowest BCUT2D eigenvalue weighted by molar-refractivity contribution is -0.249. The van der Waals surface area contributed by atoms with E-state index in [1.165, 1.54) is 12.1 Å². The summed E-state index contributed by atoms with van der Waals surface area (Å²) in [6.07, 6.45) is -6.37. The fourth-order valence-electron chi connectivity index (χ4n) is 2.43. The summed E-state index contributed by atoms with van der Waals surface area (Å²) in [7, 11) is 0. The number of rotatable bonds is 3. The van der Waals surface area contributed by atoms with E-state index in [1.54, 1.807) is 18.2 Å². The predicted molar refractivity (Wildman–Crippen MR) is 89.5 cm³/mol. The van der Waals surface area contributed by atoms with Crippen LogP contribution in [-0.4, -0.2) is 17.8 Å². The van der Waals surface area contributed by atoms with E-state index in [9.17, 15) is 22.0 Å². The maximum Gasteiger partial charge on any atom is 0.459 e. The molecule has 0 unspecified atom stereocenters. The smallest absolute Gasteiger partial charge is 0.454 e. The second-order valence-corrected chi connectivity index (χ2v) is 6.57. The second kappa shape index (κ2) is 6.39. The molecule has 1 aliphatic heterocycles. The molecule has 9 heteroatoms. The lowest BCUT2D eigenvalue weighted by Gasteiger charge is -2.19. The van der Waals surface area contributed by atoms with Gasteiger partial charge >= 0.3 is 12.1 Å². The van der Waals surface area contributed by atoms with Crippen molar-refractivity contribution >= 4 is 34.6 Å². The van der Waals surface area contributed by atoms with Crippen molar-refractivity contribution in [3.05, 3.63) is 51.5 Å². The summed E-state index contributed by atoms with van der Waals surface area (Å²) in [6.45, 7) is 1.83. The summed E-state index contributed by atoms with van der Waals surface area (Å²) in [5, 5.41) is 0.322. The van der Waals surface area contributed by atoms with Gasteiger partial charge in [0, 0.05) is 6.42 Å². The molecule has 2 nitrogen and oxygen atoms in total. The highest BCUT2D eigenvalue weighted by atomic mass is 35.5. The van der Waals surface area contributed by atoms with Crippen molar-refractivity contribution in [2.24, 2.45) is 4.99 Å². The van der Waals surface area contributed by atoms with Gasteiger partial charge in [0.05, 0.1) is 15.7 Å². The fourth-order valence-corrected chi connectivity index (χ4v) is 2.90. The van der Waals surface area contributed by atoms with Crippen LogP contribution in [0.3, 0.4) is 0 Å². The largest absolute Gasteiger partial charge is 0.459 e. The number of nitrogens with zero attached hydrogens (tertiary/aromatic N) is 1. The quantitative estimate of drug-likeness (QED) is 0.504. The first-order valence-corrected chi connectivity index (χ1v) is 8.03. The van der Waals surface area contributed by atoms with E-state index in [2.05, 4.69) is 4.99 Å². The molecule has 0 N–H and O–H groups in total. The molecule has 26 heavy (non-hydrogen) atoms. The van der Waals surface area contributed by atoms with Crippen molar-refractivity contribution in [1.29, 1.82) is 0 Å². The number of benzene rings is 2. The highest BCUT2D eigenvalue weighted by Gasteiger charge is 2.61. The van der Waals surface area contributed by atoms with Gasteiger partial charge in [-0.2, -0.15) is 22.0 Å². The molecule has 0 atom stereocenters. The molecule has 0 saturated carbocycles. The Morgan fingerprint density at radius 1 is 0.962 bits per heavy atom. The van der Waals surface area contributed by atoms with E-state index in [1.807, 2.05) is 6.92 Å². The Bertz CT molecular complexity index is 909. The summed E-state index contributed by atoms with van der Waals surface area (Å²) in [5.41, 5.74) is -0.265. The molecule has 0 saturated heterocycles. The van der Waals surface area contributed by atoms with Crippen molar-refractivity contribution in [1.82, 2.24) is 0 Å². The van der Waals surface area contributed by atoms with Gasteiger partial charge in [-0.05, 0) is 42.3 Å². The second-order valence-electron chi connectivity index (χ2n) is 5.75. The van der Waals surface area contributed by atoms with Crippen LogP contribution in [0.25, 0.3) is 0 Å². The Morgan fingerprint density at radius 3 is 2.23 bits per heavy atom. The highest BCUT2D eigenvalue weighted by molar-refractivity contribution is 6.33. The van der Waals surface area contributed by atoms with Crippen LogP contribution in [0.1, 0.15) is 11.1 Å². The minimum absolute atomic E-state index is 0.0146. The Balaban J connectivity index is 1.91. The van der Waals surface area contributed by atoms with Crippen LogP contribution >= 0.6 is 23.2 Å². The molecule has 1 heterocycles. The van der Waals surface area contributed by atoms with Gasteiger partial charge in [-0.25, -0.2) is 0 Å². The van der Waals surface area contributed by atoms with E-state index >= 15 is 0 Å². The van der Waals surface area contributed by atoms with Gasteiger partial charge in [0.1, 0.15) is 17.2 Å². The highest BCUT2D eigenvalue weighted by Crippen LogP contribution is 2.44. The number of aliphatic imine (C=N–C) groups is 1. The lowest BCUT2D eigenvalue weighted by atomic mass is 10.1. The minimum Gasteiger partial charge on any atom is -0.454 e. The van der Waals surface area contributed by atoms with Crippen LogP contribution in [0.4, 0.5) is 27.6 Å². The third-order valence-electron chi connectivity index (χ3n) is 3.77. The van der Waals surface area contributed by atoms with Crippen LogP contribution in [-0.2, 0) is 6.42 Å². The van der Waals surface area contributed by atoms with Gasteiger partial charge in [0.2, 0.25) is 0 Å². The Kier molecular flexibility index (Phi) is 4.65. The Morgan fingerprint density at radius 2 is 1.62 bits per heavy atom. The average molecular weight is 410 g/mol. The van der Waals surface area contributed by atoms with Gasteiger partial charge in [-0.1, -0.05) is 29.3 Å². The van der Waals surface area contributed by atoms with Gasteiger partial charge in [-0.15, -0.1) is 0 Å². The molecule has 1 aliphatic rings. The molecule has 0 spiro atoms. The standard InChI is InChI=1S/C17H10Cl2F5NO/c1-8-2-3-13(10(18)4-8)26-14-5-9-6-15(16(20,21)17(22,23)24)25-12(9)7-11(14)19/h2-5,7H,6H2,1H3. The van der Waals surface area contributed by atoms with E-state index in [-0.39, 0.29) is 27.8 Å². The average Bonchev–Trinajstić information content (AvgIpc) is 2.92. The fraction of sp³-hybridized carbons (Fsp3) is 0.235. The predicted octanol–water partition coefficient (Wildman–Crippen LogP) is 6.92. The van der Waals surface area contributed by atoms with Gasteiger partial charge in [0.15, 0.2) is 0 Å². The van der Waals surface area contributed by atoms with Crippen molar-refractivity contribution in [3.8, 4) is 11.5 Å². The van der Waals surface area contributed by atoms with Crippen LogP contribution in [0.15, 0.2) is 35.3 Å². The monoisotopic (exact) mass is 409 g/mol. The summed E-state index contributed by atoms with van der Waals surface area (Å²) < 4.78 is 70.2. The molecular weight excluding hydrogens is 400 g/mol. The zero-order valence-corrected chi connectivity index (χ0v) is 14.6. The Hall–Kier alpha value is -1.86. The maximum atomic E-state index is 13.5. The SMILES string of the molecule is Cc1ccc(Oc2cc3c(cc2Cl)N=C(C(F)(F)C(F)(F)F)C3)c(Cl)c1. The van der Waals surface area contributed by atoms with Gasteiger partial charge < -0.3 is 4.74 Å². The number of halogens is 7. The molecule has 138 valence electrons. The van der Waals surface area contributed by atoms with Crippen molar-refractivity contribution in [2.75, 3.05) is 0 Å². The van der Waals surface area contributed by atoms with Gasteiger partial charge in [0.25, 0.3) is 0 Å². The number of hydrogen-bond donors (Lipinski definition) is 0. The first-order valence-electron chi connectivity index (χ1n) is 7.28. The van der Waals surface area contributed by atoms with Crippen molar-refractivity contribution in [3.63, 3.8) is 0 Å². The number of alkyl halides is 5. The van der Waals surface area contributed by atoms with Crippen LogP contribution in [0.5, 0.6) is 11.5 Å². The van der Waals surface area contributed by atoms with E-state index < -0.39 is 24.2 Å². The van der Waals surface area contributed by atoms with Crippen LogP contribution in [0.2, 0.25) is 10.0 Å². The number of ether oxygens (including phenoxy) is 1. The first-order chi connectivity index (χ1) is 12.0. The van der Waals surface area contributed by atoms with E-state index in [0.717, 1.165) is 5.56 Å². The summed E-state index contributed by atoms with van der Waals surface area (Å²) in [4.78, 5) is 3.41. The topological polar surface area (TPSA) is 21.6 Å². The summed E-state index contributed by atoms with van der Waals surface area (Å²) in [5.74, 6) is -4.65. The summed E-state index contributed by atoms with van der Waals surface area (Å²) in [6, 6.07) is 7.47. The zero-order valence-electron chi connectivity index (χ0n) is 13.1. The zero-order chi connectivity index (χ0) is 19.3. The lowest BCUT2D eigenvalue weighted by Crippen LogP contribution is -2.44. The molecule has 0 aliphatic carbocycles. The third-order valence-corrected chi connectivity index (χ3v) is 4.36. The number of hydrogen-bond acceptors (Lipinski definition) is 2. The van der Waals surface area contributed by atoms with Crippen LogP contribution < -0.4 is 4.74 Å². The van der Waals surface area contributed by atoms with Crippen molar-refractivity contribution < 1.29 is 26.7 Å². The summed E-state index contributed by atoms with van der Waals surface area (Å²) >= 11 is 12.1. The molecule has 0 amide bonds. The van der Waals surface area contributed by atoms with E-state index in [4.69, 9.17) is 27.9 Å². The van der Waals surface area contributed by atoms with E-state index in [0.29, 0.717) is 5.02 Å². The molecule has 0 fully saturated rings. The molecule has 2 aromatic rings. The molecule has 0 bridgehead atoms. The molecule has 2 aromatic carbocycles. The minimum atomic E-state index is -5.72. The molecule has 3 rings (SSSR count). The third kappa shape index (κ3) is 3.38. The number of fused-ring (bicyclic) bond motifs is 1. The normalized spacial score (nSPS) is 14.2. The van der Waals surface area contributed by atoms with Crippen molar-refractivity contribution in [2.45, 2.75) is 25.4 Å². The van der Waals surface area contributed by atoms with Gasteiger partial charge in [-0.3, -0.25) is 4.99 Å².